The van der Waals surface area contributed by atoms with Crippen LogP contribution in [0, 0.1) is 0 Å². The van der Waals surface area contributed by atoms with Crippen LogP contribution in [0.25, 0.3) is 21.9 Å². The van der Waals surface area contributed by atoms with Gasteiger partial charge in [-0.1, -0.05) is 42.5 Å². The first kappa shape index (κ1) is 25.9. The van der Waals surface area contributed by atoms with Gasteiger partial charge in [-0.3, -0.25) is 9.52 Å². The topological polar surface area (TPSA) is 154 Å². The molecule has 36 heavy (non-hydrogen) atoms. The average Bonchev–Trinajstić information content (AvgIpc) is 2.82. The fourth-order valence-corrected chi connectivity index (χ4v) is 4.85. The summed E-state index contributed by atoms with van der Waals surface area (Å²) < 4.78 is 38.0. The minimum atomic E-state index is -3.51. The number of rotatable bonds is 7. The summed E-state index contributed by atoms with van der Waals surface area (Å²) in [5.74, 6) is -0.143. The quantitative estimate of drug-likeness (QED) is 0.314. The summed E-state index contributed by atoms with van der Waals surface area (Å²) in [4.78, 5) is 11.8. The van der Waals surface area contributed by atoms with Crippen molar-refractivity contribution in [2.75, 3.05) is 17.6 Å². The number of hydrogen-bond acceptors (Lipinski definition) is 8. The highest BCUT2D eigenvalue weighted by molar-refractivity contribution is 7.92. The average molecular weight is 517 g/mol. The molecule has 0 aromatic heterocycles. The summed E-state index contributed by atoms with van der Waals surface area (Å²) in [5, 5.41) is 34.8. The number of aliphatic hydroxyl groups excluding tert-OH is 3. The van der Waals surface area contributed by atoms with Crippen LogP contribution >= 0.6 is 0 Å². The molecule has 1 fully saturated rings. The Kier molecular flexibility index (Phi) is 7.48. The van der Waals surface area contributed by atoms with Crippen molar-refractivity contribution in [3.8, 4) is 16.9 Å². The molecular weight excluding hydrogens is 488 g/mol. The number of carbonyl (C=O) groups excluding carboxylic acids is 1. The first-order valence-corrected chi connectivity index (χ1v) is 13.1. The molecule has 1 amide bonds. The number of anilines is 1. The number of carbonyl (C=O) groups is 1. The summed E-state index contributed by atoms with van der Waals surface area (Å²) >= 11 is 0. The fraction of sp³-hybridized carbons (Fsp3) is 0.320. The van der Waals surface area contributed by atoms with Crippen LogP contribution in [0.5, 0.6) is 5.75 Å². The molecule has 192 valence electrons. The van der Waals surface area contributed by atoms with Crippen LogP contribution in [0.4, 0.5) is 5.69 Å². The number of fused-ring (bicyclic) bond motifs is 1. The number of amides is 1. The number of sulfonamides is 1. The largest absolute Gasteiger partial charge is 0.462 e. The lowest BCUT2D eigenvalue weighted by Crippen LogP contribution is -2.65. The van der Waals surface area contributed by atoms with E-state index in [2.05, 4.69) is 10.0 Å². The van der Waals surface area contributed by atoms with Gasteiger partial charge in [-0.05, 0) is 34.5 Å². The maximum Gasteiger partial charge on any atom is 0.229 e. The van der Waals surface area contributed by atoms with E-state index < -0.39 is 53.2 Å². The van der Waals surface area contributed by atoms with Crippen molar-refractivity contribution in [2.45, 2.75) is 37.6 Å². The third kappa shape index (κ3) is 5.61. The van der Waals surface area contributed by atoms with E-state index >= 15 is 0 Å². The molecule has 3 aromatic carbocycles. The molecule has 1 aliphatic heterocycles. The highest BCUT2D eigenvalue weighted by Gasteiger charge is 2.46. The Hall–Kier alpha value is -3.22. The normalized spacial score (nSPS) is 24.3. The molecule has 1 saturated heterocycles. The first-order chi connectivity index (χ1) is 17.1. The van der Waals surface area contributed by atoms with E-state index in [4.69, 9.17) is 9.47 Å². The van der Waals surface area contributed by atoms with E-state index in [1.807, 2.05) is 30.3 Å². The highest BCUT2D eigenvalue weighted by atomic mass is 32.2. The van der Waals surface area contributed by atoms with Crippen LogP contribution in [0.15, 0.2) is 60.7 Å². The molecule has 3 aromatic rings. The summed E-state index contributed by atoms with van der Waals surface area (Å²) in [5.41, 5.74) is 1.62. The molecule has 4 rings (SSSR count). The SMILES string of the molecule is CC(=O)N[C@H]1[C@H](Oc2ccc3ccccc3c2-c2cccc(NS(C)(=O)=O)c2)O[C@H](CO)[C@H](O)[C@@H]1O. The maximum atomic E-state index is 11.8. The monoisotopic (exact) mass is 516 g/mol. The number of hydrogen-bond donors (Lipinski definition) is 5. The van der Waals surface area contributed by atoms with Gasteiger partial charge in [0.25, 0.3) is 0 Å². The Balaban J connectivity index is 1.81. The Morgan fingerprint density at radius 1 is 1.06 bits per heavy atom. The molecule has 11 heteroatoms. The van der Waals surface area contributed by atoms with Gasteiger partial charge in [-0.25, -0.2) is 8.42 Å². The molecule has 1 heterocycles. The van der Waals surface area contributed by atoms with E-state index in [9.17, 15) is 28.5 Å². The second-order valence-corrected chi connectivity index (χ2v) is 10.4. The van der Waals surface area contributed by atoms with Gasteiger partial charge in [-0.2, -0.15) is 0 Å². The van der Waals surface area contributed by atoms with Crippen LogP contribution in [0.1, 0.15) is 6.92 Å². The van der Waals surface area contributed by atoms with Gasteiger partial charge in [0.15, 0.2) is 0 Å². The molecule has 5 atom stereocenters. The van der Waals surface area contributed by atoms with E-state index in [0.29, 0.717) is 22.6 Å². The summed E-state index contributed by atoms with van der Waals surface area (Å²) in [6.07, 6.45) is -4.23. The predicted molar refractivity (Wildman–Crippen MR) is 134 cm³/mol. The first-order valence-electron chi connectivity index (χ1n) is 11.2. The molecule has 0 saturated carbocycles. The van der Waals surface area contributed by atoms with Crippen LogP contribution in [0.3, 0.4) is 0 Å². The third-order valence-corrected chi connectivity index (χ3v) is 6.45. The second-order valence-electron chi connectivity index (χ2n) is 8.67. The van der Waals surface area contributed by atoms with Crippen molar-refractivity contribution >= 4 is 32.4 Å². The van der Waals surface area contributed by atoms with E-state index in [1.54, 1.807) is 30.3 Å². The zero-order chi connectivity index (χ0) is 26.0. The van der Waals surface area contributed by atoms with Crippen molar-refractivity contribution < 1.29 is 38.0 Å². The molecule has 0 unspecified atom stereocenters. The molecule has 0 aliphatic carbocycles. The van der Waals surface area contributed by atoms with E-state index in [1.165, 1.54) is 6.92 Å². The molecule has 0 radical (unpaired) electrons. The summed E-state index contributed by atoms with van der Waals surface area (Å²) in [7, 11) is -3.51. The lowest BCUT2D eigenvalue weighted by atomic mass is 9.95. The summed E-state index contributed by atoms with van der Waals surface area (Å²) in [6, 6.07) is 16.7. The molecule has 0 bridgehead atoms. The lowest BCUT2D eigenvalue weighted by molar-refractivity contribution is -0.244. The van der Waals surface area contributed by atoms with Gasteiger partial charge in [0.05, 0.1) is 12.9 Å². The van der Waals surface area contributed by atoms with Crippen LogP contribution in [-0.4, -0.2) is 73.2 Å². The van der Waals surface area contributed by atoms with Gasteiger partial charge in [0, 0.05) is 18.2 Å². The Labute approximate surface area is 208 Å². The maximum absolute atomic E-state index is 11.8. The minimum Gasteiger partial charge on any atom is -0.462 e. The van der Waals surface area contributed by atoms with Gasteiger partial charge < -0.3 is 30.1 Å². The Morgan fingerprint density at radius 3 is 2.50 bits per heavy atom. The lowest BCUT2D eigenvalue weighted by Gasteiger charge is -2.42. The third-order valence-electron chi connectivity index (χ3n) is 5.84. The van der Waals surface area contributed by atoms with Gasteiger partial charge >= 0.3 is 0 Å². The second kappa shape index (κ2) is 10.4. The van der Waals surface area contributed by atoms with Crippen LogP contribution in [-0.2, 0) is 19.6 Å². The molecule has 1 aliphatic rings. The number of benzene rings is 3. The number of ether oxygens (including phenoxy) is 2. The zero-order valence-corrected chi connectivity index (χ0v) is 20.5. The fourth-order valence-electron chi connectivity index (χ4n) is 4.30. The van der Waals surface area contributed by atoms with Gasteiger partial charge in [0.2, 0.25) is 22.2 Å². The molecule has 5 N–H and O–H groups in total. The number of aliphatic hydroxyl groups is 3. The van der Waals surface area contributed by atoms with Crippen molar-refractivity contribution in [3.05, 3.63) is 60.7 Å². The zero-order valence-electron chi connectivity index (χ0n) is 19.7. The van der Waals surface area contributed by atoms with Gasteiger partial charge in [-0.15, -0.1) is 0 Å². The molecular formula is C25H28N2O8S. The van der Waals surface area contributed by atoms with Crippen molar-refractivity contribution in [1.82, 2.24) is 5.32 Å². The van der Waals surface area contributed by atoms with E-state index in [-0.39, 0.29) is 0 Å². The van der Waals surface area contributed by atoms with Crippen LogP contribution < -0.4 is 14.8 Å². The van der Waals surface area contributed by atoms with Crippen LogP contribution in [0.2, 0.25) is 0 Å². The molecule has 10 nitrogen and oxygen atoms in total. The van der Waals surface area contributed by atoms with Crippen molar-refractivity contribution in [2.24, 2.45) is 0 Å². The smallest absolute Gasteiger partial charge is 0.229 e. The standard InChI is InChI=1S/C25H28N2O8S/c1-14(29)26-22-24(31)23(30)20(13-28)35-25(22)34-19-11-10-15-6-3-4-9-18(15)21(19)16-7-5-8-17(12-16)27-36(2,32)33/h3-12,20,22-25,27-28,30-31H,13H2,1-2H3,(H,26,29)/t20-,22-,23+,24-,25-/m1/s1. The minimum absolute atomic E-state index is 0.325. The molecule has 0 spiro atoms. The number of nitrogens with one attached hydrogen (secondary N) is 2. The van der Waals surface area contributed by atoms with Gasteiger partial charge in [0.1, 0.15) is 30.1 Å². The van der Waals surface area contributed by atoms with Crippen molar-refractivity contribution in [1.29, 1.82) is 0 Å². The highest BCUT2D eigenvalue weighted by Crippen LogP contribution is 2.39. The Morgan fingerprint density at radius 2 is 1.81 bits per heavy atom. The Bertz CT molecular complexity index is 1360. The predicted octanol–water partition coefficient (Wildman–Crippen LogP) is 1.20. The van der Waals surface area contributed by atoms with Crippen molar-refractivity contribution in [3.63, 3.8) is 0 Å². The van der Waals surface area contributed by atoms with E-state index in [0.717, 1.165) is 17.0 Å². The summed E-state index contributed by atoms with van der Waals surface area (Å²) in [6.45, 7) is 0.685.